The number of benzene rings is 1. The van der Waals surface area contributed by atoms with Gasteiger partial charge in [0.25, 0.3) is 0 Å². The summed E-state index contributed by atoms with van der Waals surface area (Å²) in [5, 5.41) is 5.79. The molecule has 7 nitrogen and oxygen atoms in total. The normalized spacial score (nSPS) is 11.5. The summed E-state index contributed by atoms with van der Waals surface area (Å²) >= 11 is 0. The van der Waals surface area contributed by atoms with E-state index in [1.165, 1.54) is 7.11 Å². The Labute approximate surface area is 154 Å². The molecule has 0 aliphatic carbocycles. The van der Waals surface area contributed by atoms with Crippen molar-refractivity contribution < 1.29 is 14.3 Å². The van der Waals surface area contributed by atoms with Crippen molar-refractivity contribution in [1.82, 2.24) is 20.2 Å². The molecule has 0 fully saturated rings. The van der Waals surface area contributed by atoms with Crippen LogP contribution in [0.15, 0.2) is 24.3 Å². The summed E-state index contributed by atoms with van der Waals surface area (Å²) in [6, 6.07) is 7.79. The first-order chi connectivity index (χ1) is 12.3. The molecule has 1 aromatic heterocycles. The van der Waals surface area contributed by atoms with Gasteiger partial charge in [0.05, 0.1) is 11.0 Å². The second-order valence-electron chi connectivity index (χ2n) is 7.29. The van der Waals surface area contributed by atoms with E-state index in [1.54, 1.807) is 0 Å². The van der Waals surface area contributed by atoms with Crippen LogP contribution in [0.25, 0.3) is 11.0 Å². The lowest BCUT2D eigenvalue weighted by atomic mass is 10.1. The third kappa shape index (κ3) is 5.84. The molecule has 0 atom stereocenters. The fraction of sp³-hybridized carbons (Fsp3) is 0.526. The lowest BCUT2D eigenvalue weighted by molar-refractivity contribution is -0.125. The Morgan fingerprint density at radius 1 is 1.19 bits per heavy atom. The average molecular weight is 360 g/mol. The van der Waals surface area contributed by atoms with Gasteiger partial charge in [0.2, 0.25) is 11.8 Å². The number of nitrogens with zero attached hydrogens (tertiary/aromatic N) is 2. The number of para-hydroxylation sites is 2. The van der Waals surface area contributed by atoms with Gasteiger partial charge in [-0.25, -0.2) is 4.98 Å². The highest BCUT2D eigenvalue weighted by Gasteiger charge is 2.17. The second-order valence-corrected chi connectivity index (χ2v) is 7.29. The maximum absolute atomic E-state index is 12.4. The summed E-state index contributed by atoms with van der Waals surface area (Å²) in [6.45, 7) is 6.70. The van der Waals surface area contributed by atoms with E-state index in [2.05, 4.69) is 15.6 Å². The molecule has 1 heterocycles. The molecule has 2 N–H and O–H groups in total. The van der Waals surface area contributed by atoms with Crippen LogP contribution in [-0.2, 0) is 27.3 Å². The average Bonchev–Trinajstić information content (AvgIpc) is 2.88. The minimum atomic E-state index is -0.279. The maximum Gasteiger partial charge on any atom is 0.245 e. The van der Waals surface area contributed by atoms with Crippen LogP contribution in [-0.4, -0.2) is 47.2 Å². The Kier molecular flexibility index (Phi) is 6.74. The van der Waals surface area contributed by atoms with Gasteiger partial charge >= 0.3 is 0 Å². The van der Waals surface area contributed by atoms with E-state index < -0.39 is 0 Å². The van der Waals surface area contributed by atoms with Gasteiger partial charge in [-0.05, 0) is 39.3 Å². The van der Waals surface area contributed by atoms with E-state index in [0.29, 0.717) is 13.0 Å². The van der Waals surface area contributed by atoms with Crippen molar-refractivity contribution in [2.75, 3.05) is 20.3 Å². The molecular formula is C19H28N4O3. The van der Waals surface area contributed by atoms with Gasteiger partial charge in [-0.3, -0.25) is 9.59 Å². The standard InChI is InChI=1S/C19H28N4O3/c1-19(2,3)22-17(24)12-23-15-9-6-5-8-14(15)21-16(23)10-7-11-20-18(25)13-26-4/h5-6,8-9H,7,10-13H2,1-4H3,(H,20,25)(H,22,24). The smallest absolute Gasteiger partial charge is 0.245 e. The Morgan fingerprint density at radius 3 is 2.62 bits per heavy atom. The number of hydrogen-bond donors (Lipinski definition) is 2. The van der Waals surface area contributed by atoms with Crippen molar-refractivity contribution in [3.63, 3.8) is 0 Å². The molecule has 0 aliphatic rings. The molecule has 0 saturated heterocycles. The van der Waals surface area contributed by atoms with E-state index in [0.717, 1.165) is 23.3 Å². The molecule has 0 saturated carbocycles. The fourth-order valence-electron chi connectivity index (χ4n) is 2.75. The van der Waals surface area contributed by atoms with Crippen LogP contribution in [0.1, 0.15) is 33.0 Å². The molecule has 0 bridgehead atoms. The zero-order chi connectivity index (χ0) is 19.2. The largest absolute Gasteiger partial charge is 0.375 e. The van der Waals surface area contributed by atoms with Gasteiger partial charge in [0, 0.05) is 25.6 Å². The minimum Gasteiger partial charge on any atom is -0.375 e. The number of carbonyl (C=O) groups excluding carboxylic acids is 2. The lowest BCUT2D eigenvalue weighted by Gasteiger charge is -2.21. The quantitative estimate of drug-likeness (QED) is 0.701. The first-order valence-electron chi connectivity index (χ1n) is 8.81. The first-order valence-corrected chi connectivity index (χ1v) is 8.81. The Hall–Kier alpha value is -2.41. The molecule has 7 heteroatoms. The number of aryl methyl sites for hydroxylation is 1. The molecule has 26 heavy (non-hydrogen) atoms. The number of carbonyl (C=O) groups is 2. The molecule has 0 unspecified atom stereocenters. The minimum absolute atomic E-state index is 0.0460. The Balaban J connectivity index is 2.08. The Bertz CT molecular complexity index is 762. The predicted octanol–water partition coefficient (Wildman–Crippen LogP) is 1.65. The van der Waals surface area contributed by atoms with Gasteiger partial charge in [0.1, 0.15) is 19.0 Å². The van der Waals surface area contributed by atoms with E-state index in [1.807, 2.05) is 49.6 Å². The van der Waals surface area contributed by atoms with E-state index in [4.69, 9.17) is 4.74 Å². The van der Waals surface area contributed by atoms with Gasteiger partial charge in [-0.1, -0.05) is 12.1 Å². The summed E-state index contributed by atoms with van der Waals surface area (Å²) in [7, 11) is 1.49. The second kappa shape index (κ2) is 8.80. The number of imidazole rings is 1. The van der Waals surface area contributed by atoms with Crippen molar-refractivity contribution in [2.45, 2.75) is 45.7 Å². The summed E-state index contributed by atoms with van der Waals surface area (Å²) in [5.41, 5.74) is 1.53. The molecule has 1 aromatic carbocycles. The van der Waals surface area contributed by atoms with Crippen molar-refractivity contribution in [1.29, 1.82) is 0 Å². The highest BCUT2D eigenvalue weighted by Crippen LogP contribution is 2.17. The van der Waals surface area contributed by atoms with Crippen molar-refractivity contribution in [2.24, 2.45) is 0 Å². The predicted molar refractivity (Wildman–Crippen MR) is 101 cm³/mol. The summed E-state index contributed by atoms with van der Waals surface area (Å²) < 4.78 is 6.74. The number of fused-ring (bicyclic) bond motifs is 1. The maximum atomic E-state index is 12.4. The van der Waals surface area contributed by atoms with Crippen LogP contribution in [0.2, 0.25) is 0 Å². The Morgan fingerprint density at radius 2 is 1.92 bits per heavy atom. The highest BCUT2D eigenvalue weighted by molar-refractivity contribution is 5.81. The van der Waals surface area contributed by atoms with Gasteiger partial charge in [-0.15, -0.1) is 0 Å². The third-order valence-corrected chi connectivity index (χ3v) is 3.72. The number of methoxy groups -OCH3 is 1. The number of hydrogen-bond acceptors (Lipinski definition) is 4. The van der Waals surface area contributed by atoms with Crippen LogP contribution < -0.4 is 10.6 Å². The van der Waals surface area contributed by atoms with Crippen molar-refractivity contribution in [3.05, 3.63) is 30.1 Å². The number of aromatic nitrogens is 2. The van der Waals surface area contributed by atoms with Crippen LogP contribution in [0.5, 0.6) is 0 Å². The van der Waals surface area contributed by atoms with Crippen LogP contribution in [0, 0.1) is 0 Å². The molecule has 2 rings (SSSR count). The first kappa shape index (κ1) is 19.9. The number of rotatable bonds is 8. The summed E-state index contributed by atoms with van der Waals surface area (Å²) in [5.74, 6) is 0.664. The molecule has 142 valence electrons. The molecule has 0 spiro atoms. The number of ether oxygens (including phenoxy) is 1. The van der Waals surface area contributed by atoms with Crippen LogP contribution >= 0.6 is 0 Å². The molecule has 0 aliphatic heterocycles. The van der Waals surface area contributed by atoms with Crippen LogP contribution in [0.3, 0.4) is 0 Å². The van der Waals surface area contributed by atoms with E-state index in [-0.39, 0.29) is 30.5 Å². The topological polar surface area (TPSA) is 85.2 Å². The fourth-order valence-corrected chi connectivity index (χ4v) is 2.75. The highest BCUT2D eigenvalue weighted by atomic mass is 16.5. The molecule has 2 aromatic rings. The van der Waals surface area contributed by atoms with Crippen LogP contribution in [0.4, 0.5) is 0 Å². The number of nitrogens with one attached hydrogen (secondary N) is 2. The van der Waals surface area contributed by atoms with Gasteiger partial charge in [0.15, 0.2) is 0 Å². The molecule has 2 amide bonds. The SMILES string of the molecule is COCC(=O)NCCCc1nc2ccccc2n1CC(=O)NC(C)(C)C. The van der Waals surface area contributed by atoms with E-state index >= 15 is 0 Å². The van der Waals surface area contributed by atoms with Gasteiger partial charge < -0.3 is 19.9 Å². The molecular weight excluding hydrogens is 332 g/mol. The van der Waals surface area contributed by atoms with Crippen molar-refractivity contribution in [3.8, 4) is 0 Å². The zero-order valence-electron chi connectivity index (χ0n) is 16.0. The third-order valence-electron chi connectivity index (χ3n) is 3.72. The number of amides is 2. The van der Waals surface area contributed by atoms with Crippen molar-refractivity contribution >= 4 is 22.8 Å². The van der Waals surface area contributed by atoms with Gasteiger partial charge in [-0.2, -0.15) is 0 Å². The summed E-state index contributed by atoms with van der Waals surface area (Å²) in [6.07, 6.45) is 1.41. The zero-order valence-corrected chi connectivity index (χ0v) is 16.0. The summed E-state index contributed by atoms with van der Waals surface area (Å²) in [4.78, 5) is 28.5. The van der Waals surface area contributed by atoms with E-state index in [9.17, 15) is 9.59 Å². The molecule has 0 radical (unpaired) electrons. The monoisotopic (exact) mass is 360 g/mol. The lowest BCUT2D eigenvalue weighted by Crippen LogP contribution is -2.42.